The van der Waals surface area contributed by atoms with E-state index in [2.05, 4.69) is 6.92 Å². The van der Waals surface area contributed by atoms with E-state index in [1.807, 2.05) is 0 Å². The number of rotatable bonds is 7. The highest BCUT2D eigenvalue weighted by molar-refractivity contribution is 5.81. The van der Waals surface area contributed by atoms with Gasteiger partial charge in [0, 0.05) is 0 Å². The van der Waals surface area contributed by atoms with E-state index in [4.69, 9.17) is 0 Å². The monoisotopic (exact) mass is 342 g/mol. The lowest BCUT2D eigenvalue weighted by Gasteiger charge is -2.37. The van der Waals surface area contributed by atoms with Gasteiger partial charge < -0.3 is 5.11 Å². The van der Waals surface area contributed by atoms with Crippen molar-refractivity contribution in [2.75, 3.05) is 0 Å². The highest BCUT2D eigenvalue weighted by Gasteiger charge is 2.44. The molecule has 5 heteroatoms. The predicted molar refractivity (Wildman–Crippen MR) is 86.3 cm³/mol. The van der Waals surface area contributed by atoms with Crippen LogP contribution in [0.3, 0.4) is 0 Å². The Bertz CT molecular complexity index is 555. The van der Waals surface area contributed by atoms with Gasteiger partial charge in [0.05, 0.1) is 5.41 Å². The molecule has 0 aromatic heterocycles. The van der Waals surface area contributed by atoms with Crippen LogP contribution in [0.4, 0.5) is 13.2 Å². The quantitative estimate of drug-likeness (QED) is 0.518. The molecule has 1 aliphatic rings. The molecule has 0 bridgehead atoms. The van der Waals surface area contributed by atoms with Gasteiger partial charge in [0.2, 0.25) is 0 Å². The highest BCUT2D eigenvalue weighted by atomic mass is 19.2. The van der Waals surface area contributed by atoms with Crippen molar-refractivity contribution in [2.24, 2.45) is 5.92 Å². The molecule has 1 aliphatic carbocycles. The van der Waals surface area contributed by atoms with Crippen molar-refractivity contribution in [3.05, 3.63) is 35.1 Å². The third kappa shape index (κ3) is 3.93. The standard InChI is InChI=1S/C19H25F3O2/c1-2-3-4-5-6-13-7-9-19(10-8-13,18(23)24)14-11-15(20)17(22)16(21)12-14/h11-13H,2-10H2,1H3,(H,23,24). The first-order valence-electron chi connectivity index (χ1n) is 8.79. The highest BCUT2D eigenvalue weighted by Crippen LogP contribution is 2.44. The smallest absolute Gasteiger partial charge is 0.314 e. The number of hydrogen-bond donors (Lipinski definition) is 1. The second kappa shape index (κ2) is 8.04. The Morgan fingerprint density at radius 2 is 1.71 bits per heavy atom. The van der Waals surface area contributed by atoms with Crippen molar-refractivity contribution in [1.29, 1.82) is 0 Å². The van der Waals surface area contributed by atoms with E-state index in [9.17, 15) is 23.1 Å². The van der Waals surface area contributed by atoms with Crippen LogP contribution in [0.15, 0.2) is 12.1 Å². The molecule has 0 spiro atoms. The molecule has 0 amide bonds. The Labute approximate surface area is 141 Å². The average molecular weight is 342 g/mol. The number of halogens is 3. The summed E-state index contributed by atoms with van der Waals surface area (Å²) in [6.45, 7) is 2.16. The first kappa shape index (κ1) is 18.8. The fourth-order valence-corrected chi connectivity index (χ4v) is 3.78. The van der Waals surface area contributed by atoms with E-state index in [0.717, 1.165) is 37.8 Å². The van der Waals surface area contributed by atoms with Crippen molar-refractivity contribution >= 4 is 5.97 Å². The summed E-state index contributed by atoms with van der Waals surface area (Å²) in [7, 11) is 0. The number of carbonyl (C=O) groups is 1. The van der Waals surface area contributed by atoms with E-state index >= 15 is 0 Å². The zero-order chi connectivity index (χ0) is 17.7. The minimum Gasteiger partial charge on any atom is -0.481 e. The predicted octanol–water partition coefficient (Wildman–Crippen LogP) is 5.59. The maximum absolute atomic E-state index is 13.5. The van der Waals surface area contributed by atoms with Crippen molar-refractivity contribution < 1.29 is 23.1 Å². The average Bonchev–Trinajstić information content (AvgIpc) is 2.56. The first-order valence-corrected chi connectivity index (χ1v) is 8.79. The molecule has 0 saturated heterocycles. The van der Waals surface area contributed by atoms with Gasteiger partial charge in [-0.3, -0.25) is 4.79 Å². The zero-order valence-corrected chi connectivity index (χ0v) is 14.1. The van der Waals surface area contributed by atoms with Gasteiger partial charge in [0.25, 0.3) is 0 Å². The molecule has 0 atom stereocenters. The van der Waals surface area contributed by atoms with Gasteiger partial charge in [-0.15, -0.1) is 0 Å². The minimum atomic E-state index is -1.55. The SMILES string of the molecule is CCCCCCC1CCC(C(=O)O)(c2cc(F)c(F)c(F)c2)CC1. The summed E-state index contributed by atoms with van der Waals surface area (Å²) in [5.41, 5.74) is -1.27. The van der Waals surface area contributed by atoms with Crippen molar-refractivity contribution in [3.8, 4) is 0 Å². The Morgan fingerprint density at radius 3 is 2.21 bits per heavy atom. The summed E-state index contributed by atoms with van der Waals surface area (Å²) in [6, 6.07) is 1.68. The molecular weight excluding hydrogens is 317 g/mol. The summed E-state index contributed by atoms with van der Waals surface area (Å²) in [6.07, 6.45) is 7.90. The lowest BCUT2D eigenvalue weighted by Crippen LogP contribution is -2.40. The molecule has 134 valence electrons. The number of carboxylic acids is 1. The van der Waals surface area contributed by atoms with Crippen LogP contribution in [-0.2, 0) is 10.2 Å². The third-order valence-electron chi connectivity index (χ3n) is 5.37. The fraction of sp³-hybridized carbons (Fsp3) is 0.632. The van der Waals surface area contributed by atoms with Crippen molar-refractivity contribution in [2.45, 2.75) is 70.1 Å². The summed E-state index contributed by atoms with van der Waals surface area (Å²) in [4.78, 5) is 11.9. The van der Waals surface area contributed by atoms with Gasteiger partial charge in [0.1, 0.15) is 0 Å². The minimum absolute atomic E-state index is 0.0378. The first-order chi connectivity index (χ1) is 11.4. The molecule has 1 aromatic carbocycles. The number of hydrogen-bond acceptors (Lipinski definition) is 1. The Hall–Kier alpha value is -1.52. The number of benzene rings is 1. The molecule has 2 rings (SSSR count). The zero-order valence-electron chi connectivity index (χ0n) is 14.1. The van der Waals surface area contributed by atoms with Crippen LogP contribution in [-0.4, -0.2) is 11.1 Å². The number of unbranched alkanes of at least 4 members (excludes halogenated alkanes) is 3. The van der Waals surface area contributed by atoms with E-state index < -0.39 is 28.8 Å². The second-order valence-corrected chi connectivity index (χ2v) is 6.93. The van der Waals surface area contributed by atoms with E-state index in [1.54, 1.807) is 0 Å². The summed E-state index contributed by atoms with van der Waals surface area (Å²) in [5, 5.41) is 9.69. The van der Waals surface area contributed by atoms with Crippen LogP contribution in [0.5, 0.6) is 0 Å². The Morgan fingerprint density at radius 1 is 1.12 bits per heavy atom. The molecule has 0 aliphatic heterocycles. The van der Waals surface area contributed by atoms with Gasteiger partial charge in [0.15, 0.2) is 17.5 Å². The molecular formula is C19H25F3O2. The summed E-state index contributed by atoms with van der Waals surface area (Å²) in [5.74, 6) is -4.83. The molecule has 1 fully saturated rings. The number of carboxylic acid groups (broad SMARTS) is 1. The molecule has 0 heterocycles. The van der Waals surface area contributed by atoms with Gasteiger partial charge in [-0.1, -0.05) is 39.0 Å². The van der Waals surface area contributed by atoms with Crippen LogP contribution in [0.2, 0.25) is 0 Å². The second-order valence-electron chi connectivity index (χ2n) is 6.93. The van der Waals surface area contributed by atoms with Crippen LogP contribution in [0.1, 0.15) is 70.3 Å². The van der Waals surface area contributed by atoms with E-state index in [0.29, 0.717) is 18.8 Å². The normalized spacial score (nSPS) is 24.1. The van der Waals surface area contributed by atoms with Crippen LogP contribution >= 0.6 is 0 Å². The van der Waals surface area contributed by atoms with E-state index in [-0.39, 0.29) is 5.56 Å². The van der Waals surface area contributed by atoms with Crippen molar-refractivity contribution in [3.63, 3.8) is 0 Å². The third-order valence-corrected chi connectivity index (χ3v) is 5.37. The van der Waals surface area contributed by atoms with Crippen molar-refractivity contribution in [1.82, 2.24) is 0 Å². The Balaban J connectivity index is 2.10. The van der Waals surface area contributed by atoms with Gasteiger partial charge in [-0.05, 0) is 49.3 Å². The molecule has 0 unspecified atom stereocenters. The van der Waals surface area contributed by atoms with Crippen LogP contribution in [0, 0.1) is 23.4 Å². The fourth-order valence-electron chi connectivity index (χ4n) is 3.78. The molecule has 1 saturated carbocycles. The molecule has 24 heavy (non-hydrogen) atoms. The maximum Gasteiger partial charge on any atom is 0.314 e. The molecule has 0 radical (unpaired) electrons. The van der Waals surface area contributed by atoms with Crippen LogP contribution < -0.4 is 0 Å². The topological polar surface area (TPSA) is 37.3 Å². The van der Waals surface area contributed by atoms with Crippen LogP contribution in [0.25, 0.3) is 0 Å². The molecule has 2 nitrogen and oxygen atoms in total. The lowest BCUT2D eigenvalue weighted by molar-refractivity contribution is -0.145. The summed E-state index contributed by atoms with van der Waals surface area (Å²) < 4.78 is 40.2. The maximum atomic E-state index is 13.5. The lowest BCUT2D eigenvalue weighted by atomic mass is 9.66. The Kier molecular flexibility index (Phi) is 6.30. The largest absolute Gasteiger partial charge is 0.481 e. The summed E-state index contributed by atoms with van der Waals surface area (Å²) >= 11 is 0. The molecule has 1 aromatic rings. The van der Waals surface area contributed by atoms with Gasteiger partial charge in [-0.25, -0.2) is 13.2 Å². The van der Waals surface area contributed by atoms with Gasteiger partial charge in [-0.2, -0.15) is 0 Å². The van der Waals surface area contributed by atoms with E-state index in [1.165, 1.54) is 19.3 Å². The molecule has 1 N–H and O–H groups in total. The number of aliphatic carboxylic acids is 1. The van der Waals surface area contributed by atoms with Gasteiger partial charge >= 0.3 is 5.97 Å².